The van der Waals surface area contributed by atoms with E-state index in [1.807, 2.05) is 48.2 Å². The molecule has 2 aromatic rings. The number of rotatable bonds is 7. The molecule has 0 spiro atoms. The van der Waals surface area contributed by atoms with E-state index >= 15 is 0 Å². The molecule has 8 heteroatoms. The summed E-state index contributed by atoms with van der Waals surface area (Å²) in [7, 11) is 0. The number of hydrogen-bond donors (Lipinski definition) is 3. The van der Waals surface area contributed by atoms with Crippen LogP contribution in [0.2, 0.25) is 0 Å². The minimum Gasteiger partial charge on any atom is -0.357 e. The van der Waals surface area contributed by atoms with E-state index in [2.05, 4.69) is 39.7 Å². The molecule has 0 bridgehead atoms. The molecule has 0 aliphatic carbocycles. The number of benzene rings is 1. The molecule has 2 heterocycles. The van der Waals surface area contributed by atoms with Crippen LogP contribution in [-0.2, 0) is 0 Å². The minimum atomic E-state index is -0.227. The van der Waals surface area contributed by atoms with Crippen molar-refractivity contribution in [2.75, 3.05) is 48.3 Å². The highest BCUT2D eigenvalue weighted by atomic mass is 16.2. The molecule has 172 valence electrons. The number of aryl methyl sites for hydroxylation is 1. The van der Waals surface area contributed by atoms with E-state index < -0.39 is 0 Å². The lowest BCUT2D eigenvalue weighted by Gasteiger charge is -2.32. The second kappa shape index (κ2) is 11.4. The zero-order chi connectivity index (χ0) is 22.9. The number of nitrogens with zero attached hydrogens (tertiary/aromatic N) is 3. The summed E-state index contributed by atoms with van der Waals surface area (Å²) < 4.78 is 0. The summed E-state index contributed by atoms with van der Waals surface area (Å²) in [6.45, 7) is 9.82. The smallest absolute Gasteiger partial charge is 0.321 e. The van der Waals surface area contributed by atoms with Crippen molar-refractivity contribution in [3.63, 3.8) is 0 Å². The Labute approximate surface area is 190 Å². The van der Waals surface area contributed by atoms with Crippen molar-refractivity contribution in [2.24, 2.45) is 5.92 Å². The van der Waals surface area contributed by atoms with Crippen molar-refractivity contribution < 1.29 is 9.59 Å². The number of likely N-dealkylation sites (tertiary alicyclic amines) is 1. The third-order valence-corrected chi connectivity index (χ3v) is 5.75. The molecule has 32 heavy (non-hydrogen) atoms. The Balaban J connectivity index is 1.45. The maximum Gasteiger partial charge on any atom is 0.321 e. The van der Waals surface area contributed by atoms with Crippen LogP contribution in [-0.4, -0.2) is 54.7 Å². The molecule has 1 saturated heterocycles. The Morgan fingerprint density at radius 1 is 1.06 bits per heavy atom. The number of amides is 4. The molecule has 1 aliphatic rings. The van der Waals surface area contributed by atoms with Crippen LogP contribution in [0.1, 0.15) is 32.3 Å². The lowest BCUT2D eigenvalue weighted by atomic mass is 9.98. The molecule has 1 aromatic heterocycles. The monoisotopic (exact) mass is 438 g/mol. The first-order valence-corrected chi connectivity index (χ1v) is 11.4. The Bertz CT molecular complexity index is 880. The topological polar surface area (TPSA) is 89.6 Å². The van der Waals surface area contributed by atoms with Crippen LogP contribution in [0.3, 0.4) is 0 Å². The Morgan fingerprint density at radius 2 is 1.78 bits per heavy atom. The second-order valence-corrected chi connectivity index (χ2v) is 8.16. The highest BCUT2D eigenvalue weighted by Crippen LogP contribution is 2.19. The molecule has 1 atom stereocenters. The number of aromatic nitrogens is 1. The third kappa shape index (κ3) is 6.60. The van der Waals surface area contributed by atoms with Crippen LogP contribution < -0.4 is 20.9 Å². The van der Waals surface area contributed by atoms with E-state index in [0.29, 0.717) is 25.3 Å². The average molecular weight is 439 g/mol. The summed E-state index contributed by atoms with van der Waals surface area (Å²) >= 11 is 0. The number of pyridine rings is 1. The number of urea groups is 2. The van der Waals surface area contributed by atoms with Gasteiger partial charge in [0.05, 0.1) is 11.9 Å². The molecular formula is C24H34N6O2. The molecule has 3 rings (SSSR count). The average Bonchev–Trinajstić information content (AvgIpc) is 2.81. The van der Waals surface area contributed by atoms with E-state index in [1.54, 1.807) is 6.20 Å². The fourth-order valence-corrected chi connectivity index (χ4v) is 3.86. The van der Waals surface area contributed by atoms with Crippen LogP contribution in [0.25, 0.3) is 0 Å². The van der Waals surface area contributed by atoms with E-state index in [9.17, 15) is 9.59 Å². The van der Waals surface area contributed by atoms with Crippen molar-refractivity contribution in [1.29, 1.82) is 0 Å². The normalized spacial score (nSPS) is 15.7. The Kier molecular flexibility index (Phi) is 8.30. The van der Waals surface area contributed by atoms with Gasteiger partial charge in [0.2, 0.25) is 0 Å². The third-order valence-electron chi connectivity index (χ3n) is 5.75. The van der Waals surface area contributed by atoms with Crippen molar-refractivity contribution >= 4 is 29.3 Å². The highest BCUT2D eigenvalue weighted by Gasteiger charge is 2.24. The first kappa shape index (κ1) is 23.4. The summed E-state index contributed by atoms with van der Waals surface area (Å²) in [5.41, 5.74) is 2.59. The fraction of sp³-hybridized carbons (Fsp3) is 0.458. The highest BCUT2D eigenvalue weighted by molar-refractivity contribution is 5.90. The van der Waals surface area contributed by atoms with Gasteiger partial charge in [-0.2, -0.15) is 0 Å². The molecule has 1 aromatic carbocycles. The largest absolute Gasteiger partial charge is 0.357 e. The Hall–Kier alpha value is -3.29. The van der Waals surface area contributed by atoms with Gasteiger partial charge in [0, 0.05) is 38.4 Å². The molecule has 0 radical (unpaired) electrons. The SMILES string of the molecule is CCN(CC)c1ccc(NC(=O)N2CCC[C@H](CNC(=O)Nc3ccc(C)cc3)C2)cn1. The van der Waals surface area contributed by atoms with Crippen LogP contribution in [0.15, 0.2) is 42.6 Å². The van der Waals surface area contributed by atoms with Gasteiger partial charge in [0.15, 0.2) is 0 Å². The number of carbonyl (C=O) groups excluding carboxylic acids is 2. The Morgan fingerprint density at radius 3 is 2.44 bits per heavy atom. The lowest BCUT2D eigenvalue weighted by molar-refractivity contribution is 0.176. The van der Waals surface area contributed by atoms with Gasteiger partial charge >= 0.3 is 12.1 Å². The summed E-state index contributed by atoms with van der Waals surface area (Å²) in [5, 5.41) is 8.71. The van der Waals surface area contributed by atoms with E-state index in [-0.39, 0.29) is 18.0 Å². The van der Waals surface area contributed by atoms with Crippen molar-refractivity contribution in [1.82, 2.24) is 15.2 Å². The second-order valence-electron chi connectivity index (χ2n) is 8.16. The maximum atomic E-state index is 12.7. The first-order valence-electron chi connectivity index (χ1n) is 11.4. The van der Waals surface area contributed by atoms with E-state index in [1.165, 1.54) is 0 Å². The number of nitrogens with one attached hydrogen (secondary N) is 3. The van der Waals surface area contributed by atoms with Crippen molar-refractivity contribution in [3.05, 3.63) is 48.2 Å². The van der Waals surface area contributed by atoms with Crippen molar-refractivity contribution in [2.45, 2.75) is 33.6 Å². The van der Waals surface area contributed by atoms with E-state index in [0.717, 1.165) is 43.0 Å². The molecule has 0 unspecified atom stereocenters. The molecule has 3 N–H and O–H groups in total. The standard InChI is InChI=1S/C24H34N6O2/c1-4-29(5-2)22-13-12-21(16-25-22)28-24(32)30-14-6-7-19(17-30)15-26-23(31)27-20-10-8-18(3)9-11-20/h8-13,16,19H,4-7,14-15,17H2,1-3H3,(H,28,32)(H2,26,27,31)/t19-/m1/s1. The van der Waals surface area contributed by atoms with Crippen LogP contribution in [0.5, 0.6) is 0 Å². The van der Waals surface area contributed by atoms with E-state index in [4.69, 9.17) is 0 Å². The number of piperidine rings is 1. The van der Waals surface area contributed by atoms with Gasteiger partial charge in [0.25, 0.3) is 0 Å². The summed E-state index contributed by atoms with van der Waals surface area (Å²) in [4.78, 5) is 33.3. The predicted octanol–water partition coefficient (Wildman–Crippen LogP) is 4.30. The lowest BCUT2D eigenvalue weighted by Crippen LogP contribution is -2.45. The summed E-state index contributed by atoms with van der Waals surface area (Å²) in [6.07, 6.45) is 3.59. The molecule has 1 fully saturated rings. The predicted molar refractivity (Wildman–Crippen MR) is 129 cm³/mol. The maximum absolute atomic E-state index is 12.7. The quantitative estimate of drug-likeness (QED) is 0.601. The number of anilines is 3. The molecular weight excluding hydrogens is 404 g/mol. The number of carbonyl (C=O) groups is 2. The van der Waals surface area contributed by atoms with Gasteiger partial charge in [-0.25, -0.2) is 14.6 Å². The first-order chi connectivity index (χ1) is 15.5. The van der Waals surface area contributed by atoms with Gasteiger partial charge in [-0.3, -0.25) is 0 Å². The van der Waals surface area contributed by atoms with Gasteiger partial charge in [-0.1, -0.05) is 17.7 Å². The minimum absolute atomic E-state index is 0.129. The zero-order valence-corrected chi connectivity index (χ0v) is 19.2. The van der Waals surface area contributed by atoms with Gasteiger partial charge in [-0.05, 0) is 63.8 Å². The van der Waals surface area contributed by atoms with Crippen LogP contribution in [0.4, 0.5) is 26.8 Å². The molecule has 8 nitrogen and oxygen atoms in total. The molecule has 0 saturated carbocycles. The van der Waals surface area contributed by atoms with Gasteiger partial charge < -0.3 is 25.8 Å². The van der Waals surface area contributed by atoms with Crippen LogP contribution >= 0.6 is 0 Å². The van der Waals surface area contributed by atoms with Gasteiger partial charge in [0.1, 0.15) is 5.82 Å². The summed E-state index contributed by atoms with van der Waals surface area (Å²) in [5.74, 6) is 1.13. The molecule has 1 aliphatic heterocycles. The summed E-state index contributed by atoms with van der Waals surface area (Å²) in [6, 6.07) is 11.1. The van der Waals surface area contributed by atoms with Crippen LogP contribution in [0, 0.1) is 12.8 Å². The zero-order valence-electron chi connectivity index (χ0n) is 19.2. The fourth-order valence-electron chi connectivity index (χ4n) is 3.86. The van der Waals surface area contributed by atoms with Gasteiger partial charge in [-0.15, -0.1) is 0 Å². The molecule has 4 amide bonds. The number of hydrogen-bond acceptors (Lipinski definition) is 4. The van der Waals surface area contributed by atoms with Crippen molar-refractivity contribution in [3.8, 4) is 0 Å².